The molecule has 5 atom stereocenters. The van der Waals surface area contributed by atoms with Crippen LogP contribution in [-0.4, -0.2) is 84.8 Å². The number of aliphatic hydroxyl groups is 1. The minimum absolute atomic E-state index is 0.0884. The number of pyridine rings is 2. The number of aromatic nitrogens is 2. The van der Waals surface area contributed by atoms with E-state index in [2.05, 4.69) is 10.3 Å². The maximum atomic E-state index is 14.1. The number of carbonyl (C=O) groups excluding carboxylic acids is 2. The van der Waals surface area contributed by atoms with Gasteiger partial charge in [0.25, 0.3) is 5.56 Å². The van der Waals surface area contributed by atoms with Gasteiger partial charge in [0.05, 0.1) is 29.6 Å². The highest BCUT2D eigenvalue weighted by atomic mass is 16.7. The number of hydrogen-bond acceptors (Lipinski definition) is 13. The lowest BCUT2D eigenvalue weighted by atomic mass is 9.99. The van der Waals surface area contributed by atoms with E-state index in [-0.39, 0.29) is 23.9 Å². The number of likely N-dealkylation sites (N-methyl/N-ethyl adjacent to an activating group) is 1. The molecule has 0 unspecified atom stereocenters. The van der Waals surface area contributed by atoms with Gasteiger partial charge in [-0.1, -0.05) is 0 Å². The Morgan fingerprint density at radius 1 is 1.00 bits per heavy atom. The van der Waals surface area contributed by atoms with E-state index in [9.17, 15) is 19.5 Å². The molecule has 2 aliphatic heterocycles. The van der Waals surface area contributed by atoms with Crippen molar-refractivity contribution >= 4 is 44.5 Å². The van der Waals surface area contributed by atoms with E-state index >= 15 is 0 Å². The first-order valence-corrected chi connectivity index (χ1v) is 14.4. The van der Waals surface area contributed by atoms with Crippen molar-refractivity contribution in [3.05, 3.63) is 40.8 Å². The summed E-state index contributed by atoms with van der Waals surface area (Å²) in [5.41, 5.74) is 0.999. The number of benzene rings is 2. The lowest BCUT2D eigenvalue weighted by Gasteiger charge is -2.42. The summed E-state index contributed by atoms with van der Waals surface area (Å²) in [7, 11) is 3.23. The van der Waals surface area contributed by atoms with Crippen LogP contribution in [0.2, 0.25) is 0 Å². The molecule has 0 saturated carbocycles. The third kappa shape index (κ3) is 5.45. The standard InChI is InChI=1S/C31H33N3O11/c1-14-27(37)28(43-15(2)35)29(44-16(3)36)31(42-14)45-25-8-17-18(9-22(25)39-5)30(38)34(7-6-32-4)26-19-10-23-24(41-13-40-23)11-21(19)33-12-20(17)26/h8-12,14,27-29,31-32,37H,6-7,13H2,1-5H3/t14-,27+,28+,29-,31-/m0/s1. The first kappa shape index (κ1) is 30.4. The molecule has 14 nitrogen and oxygen atoms in total. The summed E-state index contributed by atoms with van der Waals surface area (Å²) in [6.07, 6.45) is -4.38. The summed E-state index contributed by atoms with van der Waals surface area (Å²) < 4.78 is 41.4. The van der Waals surface area contributed by atoms with E-state index in [1.807, 2.05) is 6.07 Å². The van der Waals surface area contributed by atoms with Crippen LogP contribution < -0.4 is 29.8 Å². The Hall–Kier alpha value is -4.66. The van der Waals surface area contributed by atoms with Crippen molar-refractivity contribution in [3.8, 4) is 23.0 Å². The Labute approximate surface area is 256 Å². The van der Waals surface area contributed by atoms with Gasteiger partial charge < -0.3 is 48.1 Å². The van der Waals surface area contributed by atoms with Gasteiger partial charge in [0.2, 0.25) is 19.2 Å². The molecule has 0 bridgehead atoms. The number of nitrogens with zero attached hydrogens (tertiary/aromatic N) is 2. The van der Waals surface area contributed by atoms with Crippen LogP contribution in [0.25, 0.3) is 32.6 Å². The molecule has 238 valence electrons. The van der Waals surface area contributed by atoms with E-state index < -0.39 is 42.6 Å². The molecule has 4 aromatic rings. The summed E-state index contributed by atoms with van der Waals surface area (Å²) >= 11 is 0. The van der Waals surface area contributed by atoms with Gasteiger partial charge in [-0.25, -0.2) is 0 Å². The van der Waals surface area contributed by atoms with Gasteiger partial charge in [0, 0.05) is 55.4 Å². The summed E-state index contributed by atoms with van der Waals surface area (Å²) in [6.45, 7) is 4.91. The van der Waals surface area contributed by atoms with E-state index in [1.54, 1.807) is 42.9 Å². The molecular formula is C31H33N3O11. The third-order valence-corrected chi connectivity index (χ3v) is 7.86. The molecule has 0 radical (unpaired) electrons. The van der Waals surface area contributed by atoms with Gasteiger partial charge in [-0.05, 0) is 32.2 Å². The zero-order valence-corrected chi connectivity index (χ0v) is 25.3. The predicted molar refractivity (Wildman–Crippen MR) is 160 cm³/mol. The predicted octanol–water partition coefficient (Wildman–Crippen LogP) is 2.01. The average molecular weight is 624 g/mol. The number of rotatable bonds is 8. The second kappa shape index (κ2) is 12.0. The highest BCUT2D eigenvalue weighted by Crippen LogP contribution is 2.41. The van der Waals surface area contributed by atoms with Crippen molar-refractivity contribution in [2.75, 3.05) is 27.5 Å². The second-order valence-electron chi connectivity index (χ2n) is 10.8. The molecule has 2 aromatic heterocycles. The zero-order chi connectivity index (χ0) is 32.0. The smallest absolute Gasteiger partial charge is 0.303 e. The summed E-state index contributed by atoms with van der Waals surface area (Å²) in [6, 6.07) is 6.79. The summed E-state index contributed by atoms with van der Waals surface area (Å²) in [4.78, 5) is 42.7. The Kier molecular flexibility index (Phi) is 8.12. The fourth-order valence-corrected chi connectivity index (χ4v) is 5.80. The lowest BCUT2D eigenvalue weighted by molar-refractivity contribution is -0.277. The largest absolute Gasteiger partial charge is 0.493 e. The van der Waals surface area contributed by atoms with Crippen LogP contribution in [0.5, 0.6) is 23.0 Å². The Balaban J connectivity index is 1.54. The van der Waals surface area contributed by atoms with E-state index in [1.165, 1.54) is 21.0 Å². The fourth-order valence-electron chi connectivity index (χ4n) is 5.80. The summed E-state index contributed by atoms with van der Waals surface area (Å²) in [5.74, 6) is 0.0824. The minimum atomic E-state index is -1.32. The normalized spacial score (nSPS) is 22.5. The Bertz CT molecular complexity index is 1870. The molecule has 1 saturated heterocycles. The van der Waals surface area contributed by atoms with Crippen molar-refractivity contribution in [3.63, 3.8) is 0 Å². The molecule has 1 fully saturated rings. The number of fused-ring (bicyclic) bond motifs is 6. The molecule has 2 aliphatic rings. The van der Waals surface area contributed by atoms with Crippen LogP contribution in [0, 0.1) is 0 Å². The molecular weight excluding hydrogens is 590 g/mol. The number of carbonyl (C=O) groups is 2. The molecule has 2 N–H and O–H groups in total. The van der Waals surface area contributed by atoms with Crippen molar-refractivity contribution in [1.29, 1.82) is 0 Å². The third-order valence-electron chi connectivity index (χ3n) is 7.86. The lowest BCUT2D eigenvalue weighted by Crippen LogP contribution is -2.60. The molecule has 6 rings (SSSR count). The van der Waals surface area contributed by atoms with Crippen molar-refractivity contribution in [1.82, 2.24) is 14.9 Å². The van der Waals surface area contributed by atoms with Gasteiger partial charge in [-0.15, -0.1) is 0 Å². The van der Waals surface area contributed by atoms with E-state index in [0.29, 0.717) is 57.2 Å². The maximum absolute atomic E-state index is 14.1. The Morgan fingerprint density at radius 2 is 1.69 bits per heavy atom. The van der Waals surface area contributed by atoms with Gasteiger partial charge in [-0.2, -0.15) is 0 Å². The first-order valence-electron chi connectivity index (χ1n) is 14.4. The van der Waals surface area contributed by atoms with Crippen molar-refractivity contribution in [2.45, 2.75) is 58.0 Å². The van der Waals surface area contributed by atoms with Crippen LogP contribution in [0.1, 0.15) is 20.8 Å². The second-order valence-corrected chi connectivity index (χ2v) is 10.8. The first-order chi connectivity index (χ1) is 21.6. The van der Waals surface area contributed by atoms with Crippen LogP contribution in [0.4, 0.5) is 0 Å². The quantitative estimate of drug-likeness (QED) is 0.216. The molecule has 45 heavy (non-hydrogen) atoms. The summed E-state index contributed by atoms with van der Waals surface area (Å²) in [5, 5.41) is 16.1. The van der Waals surface area contributed by atoms with E-state index in [0.717, 1.165) is 0 Å². The topological polar surface area (TPSA) is 166 Å². The number of ether oxygens (including phenoxy) is 7. The monoisotopic (exact) mass is 623 g/mol. The number of esters is 2. The minimum Gasteiger partial charge on any atom is -0.493 e. The van der Waals surface area contributed by atoms with Gasteiger partial charge in [-0.3, -0.25) is 19.4 Å². The van der Waals surface area contributed by atoms with Crippen molar-refractivity contribution in [2.24, 2.45) is 0 Å². The Morgan fingerprint density at radius 3 is 2.38 bits per heavy atom. The number of methoxy groups -OCH3 is 1. The SMILES string of the molecule is CNCCn1c(=O)c2cc(OC)c(O[C@@H]3O[C@@H](C)[C@@H](O)[C@@H](OC(C)=O)[C@@H]3OC(C)=O)cc2c2cnc3cc4c(cc3c21)OCO4. The maximum Gasteiger partial charge on any atom is 0.303 e. The average Bonchev–Trinajstić information content (AvgIpc) is 3.47. The van der Waals surface area contributed by atoms with Crippen LogP contribution >= 0.6 is 0 Å². The molecule has 14 heteroatoms. The van der Waals surface area contributed by atoms with Crippen LogP contribution in [0.3, 0.4) is 0 Å². The zero-order valence-electron chi connectivity index (χ0n) is 25.3. The van der Waals surface area contributed by atoms with Gasteiger partial charge in [0.15, 0.2) is 29.1 Å². The number of nitrogens with one attached hydrogen (secondary N) is 1. The van der Waals surface area contributed by atoms with E-state index in [4.69, 9.17) is 33.2 Å². The van der Waals surface area contributed by atoms with Gasteiger partial charge >= 0.3 is 11.9 Å². The highest BCUT2D eigenvalue weighted by molar-refractivity contribution is 6.15. The molecule has 4 heterocycles. The van der Waals surface area contributed by atoms with Crippen LogP contribution in [0.15, 0.2) is 35.3 Å². The highest BCUT2D eigenvalue weighted by Gasteiger charge is 2.49. The van der Waals surface area contributed by atoms with Gasteiger partial charge in [0.1, 0.15) is 6.10 Å². The van der Waals surface area contributed by atoms with Crippen LogP contribution in [-0.2, 0) is 30.3 Å². The fraction of sp³-hybridized carbons (Fsp3) is 0.419. The molecule has 0 amide bonds. The molecule has 0 aliphatic carbocycles. The molecule has 0 spiro atoms. The number of hydrogen-bond donors (Lipinski definition) is 2. The van der Waals surface area contributed by atoms with Crippen molar-refractivity contribution < 1.29 is 47.9 Å². The molecule has 2 aromatic carbocycles. The number of aliphatic hydroxyl groups excluding tert-OH is 1.